The summed E-state index contributed by atoms with van der Waals surface area (Å²) < 4.78 is 6.95. The molecular formula is C14H21IN2O. The number of halogens is 1. The topological polar surface area (TPSA) is 38.5 Å². The van der Waals surface area contributed by atoms with Crippen LogP contribution in [0.5, 0.6) is 0 Å². The first-order valence-electron chi connectivity index (χ1n) is 6.48. The molecule has 0 amide bonds. The summed E-state index contributed by atoms with van der Waals surface area (Å²) in [5.41, 5.74) is 7.22. The summed E-state index contributed by atoms with van der Waals surface area (Å²) in [5.74, 6) is 0. The van der Waals surface area contributed by atoms with Gasteiger partial charge in [-0.25, -0.2) is 0 Å². The maximum absolute atomic E-state index is 5.93. The lowest BCUT2D eigenvalue weighted by molar-refractivity contribution is 0.0689. The van der Waals surface area contributed by atoms with E-state index in [0.29, 0.717) is 12.6 Å². The van der Waals surface area contributed by atoms with E-state index in [-0.39, 0.29) is 6.04 Å². The summed E-state index contributed by atoms with van der Waals surface area (Å²) in [7, 11) is 2.14. The number of ether oxygens (including phenoxy) is 1. The van der Waals surface area contributed by atoms with Gasteiger partial charge in [-0.1, -0.05) is 12.1 Å². The van der Waals surface area contributed by atoms with Gasteiger partial charge in [-0.05, 0) is 60.2 Å². The molecule has 2 unspecified atom stereocenters. The fourth-order valence-corrected chi connectivity index (χ4v) is 2.85. The molecule has 4 heteroatoms. The molecule has 1 heterocycles. The molecule has 0 bridgehead atoms. The molecule has 1 fully saturated rings. The van der Waals surface area contributed by atoms with Crippen molar-refractivity contribution in [3.63, 3.8) is 0 Å². The number of nitrogens with zero attached hydrogens (tertiary/aromatic N) is 1. The molecule has 1 aliphatic rings. The molecule has 0 spiro atoms. The van der Waals surface area contributed by atoms with E-state index in [1.165, 1.54) is 22.0 Å². The number of likely N-dealkylation sites (N-methyl/N-ethyl adjacent to an activating group) is 1. The third kappa shape index (κ3) is 3.66. The van der Waals surface area contributed by atoms with Crippen molar-refractivity contribution in [3.8, 4) is 0 Å². The van der Waals surface area contributed by atoms with Crippen molar-refractivity contribution in [2.24, 2.45) is 5.73 Å². The van der Waals surface area contributed by atoms with Crippen LogP contribution in [-0.4, -0.2) is 37.7 Å². The smallest absolute Gasteiger partial charge is 0.0702 e. The van der Waals surface area contributed by atoms with Gasteiger partial charge in [0.05, 0.1) is 6.10 Å². The van der Waals surface area contributed by atoms with E-state index in [0.717, 1.165) is 13.2 Å². The highest BCUT2D eigenvalue weighted by Gasteiger charge is 2.22. The van der Waals surface area contributed by atoms with Gasteiger partial charge in [-0.15, -0.1) is 0 Å². The Labute approximate surface area is 123 Å². The molecule has 0 aliphatic carbocycles. The lowest BCUT2D eigenvalue weighted by Gasteiger charge is -2.29. The summed E-state index contributed by atoms with van der Waals surface area (Å²) in [6, 6.07) is 8.90. The maximum Gasteiger partial charge on any atom is 0.0702 e. The molecule has 2 rings (SSSR count). The van der Waals surface area contributed by atoms with Crippen molar-refractivity contribution in [1.82, 2.24) is 4.90 Å². The second-order valence-corrected chi connectivity index (χ2v) is 6.12. The van der Waals surface area contributed by atoms with Gasteiger partial charge >= 0.3 is 0 Å². The highest BCUT2D eigenvalue weighted by molar-refractivity contribution is 14.1. The number of rotatable bonds is 5. The lowest BCUT2D eigenvalue weighted by atomic mass is 10.1. The van der Waals surface area contributed by atoms with Gasteiger partial charge in [0.2, 0.25) is 0 Å². The summed E-state index contributed by atoms with van der Waals surface area (Å²) in [5, 5.41) is 0. The minimum atomic E-state index is 0.284. The Hall–Kier alpha value is -0.170. The molecule has 0 saturated carbocycles. The first kappa shape index (κ1) is 14.2. The summed E-state index contributed by atoms with van der Waals surface area (Å²) in [6.45, 7) is 2.52. The Balaban J connectivity index is 2.00. The van der Waals surface area contributed by atoms with Gasteiger partial charge in [0.1, 0.15) is 0 Å². The molecule has 1 aromatic rings. The van der Waals surface area contributed by atoms with Crippen molar-refractivity contribution in [2.75, 3.05) is 26.7 Å². The molecule has 1 saturated heterocycles. The maximum atomic E-state index is 5.93. The average Bonchev–Trinajstić information content (AvgIpc) is 2.85. The third-order valence-electron chi connectivity index (χ3n) is 3.53. The van der Waals surface area contributed by atoms with Crippen LogP contribution in [0, 0.1) is 3.57 Å². The summed E-state index contributed by atoms with van der Waals surface area (Å²) in [4.78, 5) is 2.32. The van der Waals surface area contributed by atoms with Crippen molar-refractivity contribution in [2.45, 2.75) is 25.0 Å². The fourth-order valence-electron chi connectivity index (χ4n) is 2.49. The average molecular weight is 360 g/mol. The van der Waals surface area contributed by atoms with Crippen molar-refractivity contribution >= 4 is 22.6 Å². The van der Waals surface area contributed by atoms with E-state index in [2.05, 4.69) is 58.8 Å². The second kappa shape index (κ2) is 6.84. The van der Waals surface area contributed by atoms with Crippen LogP contribution in [0.25, 0.3) is 0 Å². The van der Waals surface area contributed by atoms with Gasteiger partial charge in [-0.2, -0.15) is 0 Å². The van der Waals surface area contributed by atoms with Crippen LogP contribution in [0.3, 0.4) is 0 Å². The predicted octanol–water partition coefficient (Wildman–Crippen LogP) is 2.40. The molecule has 100 valence electrons. The fraction of sp³-hybridized carbons (Fsp3) is 0.571. The molecule has 0 aromatic heterocycles. The number of hydrogen-bond donors (Lipinski definition) is 1. The van der Waals surface area contributed by atoms with Crippen molar-refractivity contribution < 1.29 is 4.74 Å². The first-order valence-corrected chi connectivity index (χ1v) is 7.56. The van der Waals surface area contributed by atoms with Gasteiger partial charge in [-0.3, -0.25) is 4.90 Å². The van der Waals surface area contributed by atoms with E-state index < -0.39 is 0 Å². The third-order valence-corrected chi connectivity index (χ3v) is 4.24. The van der Waals surface area contributed by atoms with Crippen molar-refractivity contribution in [1.29, 1.82) is 0 Å². The van der Waals surface area contributed by atoms with Gasteiger partial charge in [0.25, 0.3) is 0 Å². The minimum absolute atomic E-state index is 0.284. The molecule has 1 aliphatic heterocycles. The van der Waals surface area contributed by atoms with Crippen LogP contribution in [0.15, 0.2) is 24.3 Å². The van der Waals surface area contributed by atoms with E-state index in [1.807, 2.05) is 0 Å². The summed E-state index contributed by atoms with van der Waals surface area (Å²) in [6.07, 6.45) is 2.75. The molecular weight excluding hydrogens is 339 g/mol. The molecule has 0 radical (unpaired) electrons. The quantitative estimate of drug-likeness (QED) is 0.820. The van der Waals surface area contributed by atoms with Crippen LogP contribution >= 0.6 is 22.6 Å². The Morgan fingerprint density at radius 2 is 2.17 bits per heavy atom. The largest absolute Gasteiger partial charge is 0.377 e. The number of hydrogen-bond acceptors (Lipinski definition) is 3. The Bertz CT molecular complexity index is 363. The number of nitrogens with two attached hydrogens (primary N) is 1. The highest BCUT2D eigenvalue weighted by Crippen LogP contribution is 2.22. The zero-order chi connectivity index (χ0) is 13.0. The second-order valence-electron chi connectivity index (χ2n) is 4.88. The molecule has 3 nitrogen and oxygen atoms in total. The first-order chi connectivity index (χ1) is 8.70. The van der Waals surface area contributed by atoms with E-state index >= 15 is 0 Å². The Kier molecular flexibility index (Phi) is 5.41. The van der Waals surface area contributed by atoms with Gasteiger partial charge < -0.3 is 10.5 Å². The van der Waals surface area contributed by atoms with E-state index in [1.54, 1.807) is 0 Å². The van der Waals surface area contributed by atoms with Crippen molar-refractivity contribution in [3.05, 3.63) is 33.4 Å². The van der Waals surface area contributed by atoms with Gasteiger partial charge in [0, 0.05) is 29.3 Å². The van der Waals surface area contributed by atoms with Crippen LogP contribution in [0.2, 0.25) is 0 Å². The zero-order valence-corrected chi connectivity index (χ0v) is 13.0. The highest BCUT2D eigenvalue weighted by atomic mass is 127. The zero-order valence-electron chi connectivity index (χ0n) is 10.8. The Morgan fingerprint density at radius 1 is 1.44 bits per heavy atom. The van der Waals surface area contributed by atoms with Crippen LogP contribution < -0.4 is 5.73 Å². The van der Waals surface area contributed by atoms with Crippen LogP contribution in [0.1, 0.15) is 24.4 Å². The predicted molar refractivity (Wildman–Crippen MR) is 82.6 cm³/mol. The molecule has 2 N–H and O–H groups in total. The molecule has 2 atom stereocenters. The normalized spacial score (nSPS) is 21.4. The standard InChI is InChI=1S/C14H21IN2O/c1-17(10-13-3-2-8-18-13)14(9-16)11-4-6-12(15)7-5-11/h4-7,13-14H,2-3,8-10,16H2,1H3. The SMILES string of the molecule is CN(CC1CCCO1)C(CN)c1ccc(I)cc1. The van der Waals surface area contributed by atoms with E-state index in [4.69, 9.17) is 10.5 Å². The van der Waals surface area contributed by atoms with Crippen LogP contribution in [-0.2, 0) is 4.74 Å². The summed E-state index contributed by atoms with van der Waals surface area (Å²) >= 11 is 2.32. The molecule has 1 aromatic carbocycles. The monoisotopic (exact) mass is 360 g/mol. The minimum Gasteiger partial charge on any atom is -0.377 e. The van der Waals surface area contributed by atoms with E-state index in [9.17, 15) is 0 Å². The Morgan fingerprint density at radius 3 is 2.72 bits per heavy atom. The molecule has 18 heavy (non-hydrogen) atoms. The lowest BCUT2D eigenvalue weighted by Crippen LogP contribution is -2.36. The van der Waals surface area contributed by atoms with Crippen LogP contribution in [0.4, 0.5) is 0 Å². The number of benzene rings is 1. The van der Waals surface area contributed by atoms with Gasteiger partial charge in [0.15, 0.2) is 0 Å².